The van der Waals surface area contributed by atoms with E-state index in [9.17, 15) is 18.0 Å². The first-order chi connectivity index (χ1) is 16.6. The molecular weight excluding hydrogens is 488 g/mol. The molecule has 0 unspecified atom stereocenters. The molecule has 0 saturated heterocycles. The number of nitrogens with one attached hydrogen (secondary N) is 2. The molecule has 0 aliphatic rings. The molecule has 8 nitrogen and oxygen atoms in total. The van der Waals surface area contributed by atoms with Crippen LogP contribution in [0.3, 0.4) is 0 Å². The Labute approximate surface area is 207 Å². The number of carbonyl (C=O) groups excluding carboxylic acids is 1. The fourth-order valence-corrected chi connectivity index (χ4v) is 4.96. The molecule has 180 valence electrons. The quantitative estimate of drug-likeness (QED) is 0.398. The minimum absolute atomic E-state index is 0.0687. The van der Waals surface area contributed by atoms with E-state index < -0.39 is 21.5 Å². The minimum Gasteiger partial charge on any atom is -0.322 e. The van der Waals surface area contributed by atoms with Gasteiger partial charge in [-0.05, 0) is 61.9 Å². The second kappa shape index (κ2) is 9.44. The van der Waals surface area contributed by atoms with Gasteiger partial charge >= 0.3 is 0 Å². The molecule has 0 spiro atoms. The molecule has 3 aromatic carbocycles. The molecule has 0 fully saturated rings. The van der Waals surface area contributed by atoms with Gasteiger partial charge < -0.3 is 5.32 Å². The maximum atomic E-state index is 13.2. The van der Waals surface area contributed by atoms with E-state index in [0.29, 0.717) is 27.7 Å². The highest BCUT2D eigenvalue weighted by molar-refractivity contribution is 7.92. The summed E-state index contributed by atoms with van der Waals surface area (Å²) in [6, 6.07) is 19.6. The van der Waals surface area contributed by atoms with Crippen LogP contribution in [0.25, 0.3) is 5.69 Å². The number of benzene rings is 3. The number of nitrogens with zero attached hydrogens (tertiary/aromatic N) is 2. The first-order valence-electron chi connectivity index (χ1n) is 10.6. The molecule has 10 heteroatoms. The molecule has 4 aromatic rings. The van der Waals surface area contributed by atoms with Gasteiger partial charge in [0.05, 0.1) is 16.3 Å². The molecular formula is C25H23ClN4O4S. The summed E-state index contributed by atoms with van der Waals surface area (Å²) < 4.78 is 31.7. The Morgan fingerprint density at radius 3 is 2.34 bits per heavy atom. The van der Waals surface area contributed by atoms with Crippen LogP contribution in [0.15, 0.2) is 82.5 Å². The van der Waals surface area contributed by atoms with Gasteiger partial charge in [-0.2, -0.15) is 0 Å². The van der Waals surface area contributed by atoms with Crippen LogP contribution < -0.4 is 15.6 Å². The van der Waals surface area contributed by atoms with E-state index in [2.05, 4.69) is 10.0 Å². The molecule has 0 radical (unpaired) electrons. The average molecular weight is 511 g/mol. The third-order valence-corrected chi connectivity index (χ3v) is 7.47. The van der Waals surface area contributed by atoms with Crippen molar-refractivity contribution in [3.63, 3.8) is 0 Å². The van der Waals surface area contributed by atoms with Crippen molar-refractivity contribution in [3.8, 4) is 5.69 Å². The Kier molecular flexibility index (Phi) is 6.56. The number of hydrogen-bond acceptors (Lipinski definition) is 4. The largest absolute Gasteiger partial charge is 0.322 e. The molecule has 0 aliphatic heterocycles. The lowest BCUT2D eigenvalue weighted by Crippen LogP contribution is -2.23. The summed E-state index contributed by atoms with van der Waals surface area (Å²) in [6.07, 6.45) is 0. The SMILES string of the molecule is Cc1c(Cl)cccc1NC(=O)c1cccc(S(=O)(=O)Nc2c(C)n(C)n(-c3ccccc3)c2=O)c1. The highest BCUT2D eigenvalue weighted by Gasteiger charge is 2.23. The Balaban J connectivity index is 1.65. The molecule has 1 amide bonds. The third kappa shape index (κ3) is 4.73. The Morgan fingerprint density at radius 2 is 1.63 bits per heavy atom. The van der Waals surface area contributed by atoms with Crippen molar-refractivity contribution in [2.24, 2.45) is 7.05 Å². The zero-order valence-corrected chi connectivity index (χ0v) is 20.8. The summed E-state index contributed by atoms with van der Waals surface area (Å²) in [5, 5.41) is 3.25. The van der Waals surface area contributed by atoms with Crippen LogP contribution in [0.5, 0.6) is 0 Å². The molecule has 0 atom stereocenters. The van der Waals surface area contributed by atoms with Crippen molar-refractivity contribution in [1.82, 2.24) is 9.36 Å². The topological polar surface area (TPSA) is 102 Å². The fraction of sp³-hybridized carbons (Fsp3) is 0.120. The number of halogens is 1. The van der Waals surface area contributed by atoms with Crippen LogP contribution in [-0.2, 0) is 17.1 Å². The van der Waals surface area contributed by atoms with E-state index in [0.717, 1.165) is 0 Å². The van der Waals surface area contributed by atoms with Crippen LogP contribution in [0.4, 0.5) is 11.4 Å². The van der Waals surface area contributed by atoms with Crippen LogP contribution in [0.1, 0.15) is 21.6 Å². The molecule has 2 N–H and O–H groups in total. The summed E-state index contributed by atoms with van der Waals surface area (Å²) in [5.41, 5.74) is 1.82. The first-order valence-corrected chi connectivity index (χ1v) is 12.5. The van der Waals surface area contributed by atoms with Gasteiger partial charge in [0.15, 0.2) is 0 Å². The number of amides is 1. The van der Waals surface area contributed by atoms with Gasteiger partial charge in [-0.25, -0.2) is 13.1 Å². The summed E-state index contributed by atoms with van der Waals surface area (Å²) in [4.78, 5) is 25.7. The van der Waals surface area contributed by atoms with Crippen molar-refractivity contribution in [2.45, 2.75) is 18.7 Å². The second-order valence-electron chi connectivity index (χ2n) is 7.94. The molecule has 4 rings (SSSR count). The van der Waals surface area contributed by atoms with Crippen LogP contribution in [0, 0.1) is 13.8 Å². The van der Waals surface area contributed by atoms with Gasteiger partial charge in [0, 0.05) is 23.3 Å². The van der Waals surface area contributed by atoms with E-state index >= 15 is 0 Å². The molecule has 1 heterocycles. The van der Waals surface area contributed by atoms with Crippen molar-refractivity contribution >= 4 is 38.9 Å². The molecule has 1 aromatic heterocycles. The number of anilines is 2. The predicted octanol–water partition coefficient (Wildman–Crippen LogP) is 4.50. The van der Waals surface area contributed by atoms with E-state index in [-0.39, 0.29) is 16.1 Å². The molecule has 0 aliphatic carbocycles. The van der Waals surface area contributed by atoms with Crippen molar-refractivity contribution in [3.05, 3.63) is 105 Å². The van der Waals surface area contributed by atoms with Crippen molar-refractivity contribution in [1.29, 1.82) is 0 Å². The molecule has 0 bridgehead atoms. The maximum absolute atomic E-state index is 13.2. The normalized spacial score (nSPS) is 11.3. The van der Waals surface area contributed by atoms with Gasteiger partial charge in [-0.1, -0.05) is 41.9 Å². The summed E-state index contributed by atoms with van der Waals surface area (Å²) in [6.45, 7) is 3.42. The van der Waals surface area contributed by atoms with Crippen LogP contribution in [0.2, 0.25) is 5.02 Å². The maximum Gasteiger partial charge on any atom is 0.296 e. The third-order valence-electron chi connectivity index (χ3n) is 5.71. The van der Waals surface area contributed by atoms with Crippen molar-refractivity contribution < 1.29 is 13.2 Å². The fourth-order valence-electron chi connectivity index (χ4n) is 3.62. The number of aromatic nitrogens is 2. The van der Waals surface area contributed by atoms with Gasteiger partial charge in [-0.3, -0.25) is 19.0 Å². The average Bonchev–Trinajstić information content (AvgIpc) is 3.05. The zero-order valence-electron chi connectivity index (χ0n) is 19.2. The number of hydrogen-bond donors (Lipinski definition) is 2. The zero-order chi connectivity index (χ0) is 25.3. The van der Waals surface area contributed by atoms with Gasteiger partial charge in [0.1, 0.15) is 5.69 Å². The Bertz CT molecular complexity index is 1590. The Morgan fingerprint density at radius 1 is 0.943 bits per heavy atom. The smallest absolute Gasteiger partial charge is 0.296 e. The highest BCUT2D eigenvalue weighted by Crippen LogP contribution is 2.24. The summed E-state index contributed by atoms with van der Waals surface area (Å²) >= 11 is 6.11. The van der Waals surface area contributed by atoms with Crippen LogP contribution in [-0.4, -0.2) is 23.7 Å². The molecule has 35 heavy (non-hydrogen) atoms. The highest BCUT2D eigenvalue weighted by atomic mass is 35.5. The monoisotopic (exact) mass is 510 g/mol. The van der Waals surface area contributed by atoms with Crippen molar-refractivity contribution in [2.75, 3.05) is 10.0 Å². The second-order valence-corrected chi connectivity index (χ2v) is 10.0. The lowest BCUT2D eigenvalue weighted by molar-refractivity contribution is 0.102. The first kappa shape index (κ1) is 24.3. The van der Waals surface area contributed by atoms with E-state index in [1.807, 2.05) is 6.07 Å². The Hall–Kier alpha value is -3.82. The van der Waals surface area contributed by atoms with E-state index in [4.69, 9.17) is 11.6 Å². The van der Waals surface area contributed by atoms with Gasteiger partial charge in [-0.15, -0.1) is 0 Å². The number of carbonyl (C=O) groups is 1. The van der Waals surface area contributed by atoms with Crippen LogP contribution >= 0.6 is 11.6 Å². The minimum atomic E-state index is -4.17. The van der Waals surface area contributed by atoms with Gasteiger partial charge in [0.25, 0.3) is 21.5 Å². The standard InChI is InChI=1S/C25H23ClN4O4S/c1-16-21(26)13-8-14-22(16)27-24(31)18-9-7-12-20(15-18)35(33,34)28-23-17(2)29(3)30(25(23)32)19-10-5-4-6-11-19/h4-15,28H,1-3H3,(H,27,31). The van der Waals surface area contributed by atoms with E-state index in [1.165, 1.54) is 28.9 Å². The lowest BCUT2D eigenvalue weighted by Gasteiger charge is -2.11. The summed E-state index contributed by atoms with van der Waals surface area (Å²) in [5.74, 6) is -0.491. The van der Waals surface area contributed by atoms with E-state index in [1.54, 1.807) is 68.0 Å². The summed E-state index contributed by atoms with van der Waals surface area (Å²) in [7, 11) is -2.49. The predicted molar refractivity (Wildman–Crippen MR) is 137 cm³/mol. The van der Waals surface area contributed by atoms with Gasteiger partial charge in [0.2, 0.25) is 0 Å². The number of rotatable bonds is 6. The lowest BCUT2D eigenvalue weighted by atomic mass is 10.1. The number of sulfonamides is 1. The molecule has 0 saturated carbocycles. The number of para-hydroxylation sites is 1.